The Kier molecular flexibility index (Phi) is 7.65. The first-order valence-electron chi connectivity index (χ1n) is 8.32. The minimum atomic E-state index is -2.87. The van der Waals surface area contributed by atoms with E-state index in [0.717, 1.165) is 13.1 Å². The van der Waals surface area contributed by atoms with Crippen molar-refractivity contribution < 1.29 is 8.42 Å². The van der Waals surface area contributed by atoms with Crippen molar-refractivity contribution >= 4 is 9.84 Å². The Morgan fingerprint density at radius 1 is 1.14 bits per heavy atom. The first kappa shape index (κ1) is 18.9. The first-order chi connectivity index (χ1) is 9.72. The van der Waals surface area contributed by atoms with Gasteiger partial charge in [-0.15, -0.1) is 0 Å². The molecule has 0 unspecified atom stereocenters. The zero-order valence-electron chi connectivity index (χ0n) is 14.3. The number of sulfone groups is 1. The molecule has 0 amide bonds. The average molecular weight is 319 g/mol. The summed E-state index contributed by atoms with van der Waals surface area (Å²) < 4.78 is 22.7. The van der Waals surface area contributed by atoms with Crippen molar-refractivity contribution in [2.45, 2.75) is 58.4 Å². The van der Waals surface area contributed by atoms with Gasteiger partial charge in [-0.3, -0.25) is 0 Å². The molecule has 0 saturated heterocycles. The number of rotatable bonds is 8. The maximum Gasteiger partial charge on any atom is 0.148 e. The lowest BCUT2D eigenvalue weighted by atomic mass is 9.79. The number of nitrogens with zero attached hydrogens (tertiary/aromatic N) is 1. The van der Waals surface area contributed by atoms with Crippen LogP contribution in [0.5, 0.6) is 0 Å². The molecule has 1 saturated carbocycles. The maximum absolute atomic E-state index is 11.3. The molecule has 0 aromatic rings. The molecule has 1 aliphatic rings. The van der Waals surface area contributed by atoms with E-state index in [2.05, 4.69) is 31.1 Å². The van der Waals surface area contributed by atoms with Gasteiger partial charge in [0.15, 0.2) is 0 Å². The molecule has 5 heteroatoms. The van der Waals surface area contributed by atoms with Crippen molar-refractivity contribution in [3.8, 4) is 0 Å². The summed E-state index contributed by atoms with van der Waals surface area (Å²) in [5, 5.41) is 3.62. The van der Waals surface area contributed by atoms with E-state index in [-0.39, 0.29) is 5.75 Å². The predicted octanol–water partition coefficient (Wildman–Crippen LogP) is 2.30. The molecule has 0 spiro atoms. The van der Waals surface area contributed by atoms with E-state index < -0.39 is 9.84 Å². The second-order valence-corrected chi connectivity index (χ2v) is 9.58. The molecule has 0 aromatic heterocycles. The number of hydrogen-bond acceptors (Lipinski definition) is 4. The SMILES string of the molecule is CC(C)NCC1(CN(C)CCS(C)(=O)=O)CCCCCC1. The number of hydrogen-bond donors (Lipinski definition) is 1. The molecule has 0 heterocycles. The molecule has 0 atom stereocenters. The summed E-state index contributed by atoms with van der Waals surface area (Å²) in [6.45, 7) is 7.08. The molecule has 1 rings (SSSR count). The van der Waals surface area contributed by atoms with Crippen molar-refractivity contribution in [2.24, 2.45) is 5.41 Å². The lowest BCUT2D eigenvalue weighted by Crippen LogP contribution is -2.45. The third-order valence-electron chi connectivity index (χ3n) is 4.50. The second-order valence-electron chi connectivity index (χ2n) is 7.32. The maximum atomic E-state index is 11.3. The highest BCUT2D eigenvalue weighted by atomic mass is 32.2. The van der Waals surface area contributed by atoms with Crippen LogP contribution in [-0.4, -0.2) is 58.1 Å². The standard InChI is InChI=1S/C16H34N2O2S/c1-15(2)17-13-16(9-7-5-6-8-10-16)14-18(3)11-12-21(4,19)20/h15,17H,5-14H2,1-4H3. The van der Waals surface area contributed by atoms with Crippen molar-refractivity contribution in [3.63, 3.8) is 0 Å². The summed E-state index contributed by atoms with van der Waals surface area (Å²) in [4.78, 5) is 2.22. The summed E-state index contributed by atoms with van der Waals surface area (Å²) in [6.07, 6.45) is 9.14. The molecular weight excluding hydrogens is 284 g/mol. The zero-order valence-corrected chi connectivity index (χ0v) is 15.1. The van der Waals surface area contributed by atoms with Gasteiger partial charge in [-0.25, -0.2) is 8.42 Å². The first-order valence-corrected chi connectivity index (χ1v) is 10.4. The predicted molar refractivity (Wildman–Crippen MR) is 90.5 cm³/mol. The van der Waals surface area contributed by atoms with Gasteiger partial charge in [0.1, 0.15) is 9.84 Å². The van der Waals surface area contributed by atoms with Gasteiger partial charge < -0.3 is 10.2 Å². The van der Waals surface area contributed by atoms with Crippen LogP contribution in [-0.2, 0) is 9.84 Å². The summed E-state index contributed by atoms with van der Waals surface area (Å²) >= 11 is 0. The third kappa shape index (κ3) is 8.17. The van der Waals surface area contributed by atoms with Crippen LogP contribution in [0.3, 0.4) is 0 Å². The van der Waals surface area contributed by atoms with Gasteiger partial charge in [-0.05, 0) is 25.3 Å². The van der Waals surface area contributed by atoms with Gasteiger partial charge in [0.05, 0.1) is 5.75 Å². The molecule has 21 heavy (non-hydrogen) atoms. The Labute approximate surface area is 131 Å². The summed E-state index contributed by atoms with van der Waals surface area (Å²) in [5.74, 6) is 0.261. The minimum Gasteiger partial charge on any atom is -0.314 e. The van der Waals surface area contributed by atoms with E-state index in [1.807, 2.05) is 0 Å². The average Bonchev–Trinajstić information content (AvgIpc) is 2.59. The molecule has 1 aliphatic carbocycles. The van der Waals surface area contributed by atoms with E-state index in [1.165, 1.54) is 44.8 Å². The fourth-order valence-corrected chi connectivity index (χ4v) is 3.91. The van der Waals surface area contributed by atoms with Crippen LogP contribution in [0.4, 0.5) is 0 Å². The van der Waals surface area contributed by atoms with Crippen LogP contribution in [0.1, 0.15) is 52.4 Å². The Bertz CT molecular complexity index is 385. The molecule has 4 nitrogen and oxygen atoms in total. The van der Waals surface area contributed by atoms with E-state index in [0.29, 0.717) is 18.0 Å². The largest absolute Gasteiger partial charge is 0.314 e. The van der Waals surface area contributed by atoms with Gasteiger partial charge in [0.2, 0.25) is 0 Å². The zero-order chi connectivity index (χ0) is 15.9. The summed E-state index contributed by atoms with van der Waals surface area (Å²) in [6, 6.07) is 0.506. The monoisotopic (exact) mass is 318 g/mol. The second kappa shape index (κ2) is 8.49. The Morgan fingerprint density at radius 2 is 1.71 bits per heavy atom. The fourth-order valence-electron chi connectivity index (χ4n) is 3.26. The normalized spacial score (nSPS) is 19.9. The highest BCUT2D eigenvalue weighted by molar-refractivity contribution is 7.90. The summed E-state index contributed by atoms with van der Waals surface area (Å²) in [5.41, 5.74) is 0.313. The lowest BCUT2D eigenvalue weighted by Gasteiger charge is -2.37. The molecule has 1 fully saturated rings. The van der Waals surface area contributed by atoms with Crippen LogP contribution in [0.25, 0.3) is 0 Å². The number of nitrogens with one attached hydrogen (secondary N) is 1. The van der Waals surface area contributed by atoms with Gasteiger partial charge in [-0.2, -0.15) is 0 Å². The summed E-state index contributed by atoms with van der Waals surface area (Å²) in [7, 11) is -0.807. The van der Waals surface area contributed by atoms with E-state index >= 15 is 0 Å². The van der Waals surface area contributed by atoms with E-state index in [4.69, 9.17) is 0 Å². The molecule has 1 N–H and O–H groups in total. The third-order valence-corrected chi connectivity index (χ3v) is 5.42. The van der Waals surface area contributed by atoms with Crippen LogP contribution in [0.2, 0.25) is 0 Å². The van der Waals surface area contributed by atoms with Gasteiger partial charge >= 0.3 is 0 Å². The van der Waals surface area contributed by atoms with E-state index in [9.17, 15) is 8.42 Å². The van der Waals surface area contributed by atoms with Gasteiger partial charge in [0, 0.05) is 31.9 Å². The molecule has 126 valence electrons. The lowest BCUT2D eigenvalue weighted by molar-refractivity contribution is 0.147. The molecule has 0 radical (unpaired) electrons. The smallest absolute Gasteiger partial charge is 0.148 e. The van der Waals surface area contributed by atoms with Gasteiger partial charge in [-0.1, -0.05) is 39.5 Å². The topological polar surface area (TPSA) is 49.4 Å². The Morgan fingerprint density at radius 3 is 2.19 bits per heavy atom. The Hall–Kier alpha value is -0.130. The van der Waals surface area contributed by atoms with Crippen LogP contribution in [0, 0.1) is 5.41 Å². The Balaban J connectivity index is 2.62. The highest BCUT2D eigenvalue weighted by Crippen LogP contribution is 2.35. The minimum absolute atomic E-state index is 0.261. The van der Waals surface area contributed by atoms with Crippen molar-refractivity contribution in [1.29, 1.82) is 0 Å². The molecule has 0 aromatic carbocycles. The van der Waals surface area contributed by atoms with Crippen molar-refractivity contribution in [3.05, 3.63) is 0 Å². The van der Waals surface area contributed by atoms with Gasteiger partial charge in [0.25, 0.3) is 0 Å². The quantitative estimate of drug-likeness (QED) is 0.698. The van der Waals surface area contributed by atoms with Crippen LogP contribution >= 0.6 is 0 Å². The van der Waals surface area contributed by atoms with E-state index in [1.54, 1.807) is 0 Å². The van der Waals surface area contributed by atoms with Crippen molar-refractivity contribution in [1.82, 2.24) is 10.2 Å². The molecular formula is C16H34N2O2S. The highest BCUT2D eigenvalue weighted by Gasteiger charge is 2.32. The van der Waals surface area contributed by atoms with Crippen molar-refractivity contribution in [2.75, 3.05) is 38.7 Å². The fraction of sp³-hybridized carbons (Fsp3) is 1.00. The molecule has 0 bridgehead atoms. The molecule has 0 aliphatic heterocycles. The van der Waals surface area contributed by atoms with Crippen LogP contribution < -0.4 is 5.32 Å². The van der Waals surface area contributed by atoms with Crippen LogP contribution in [0.15, 0.2) is 0 Å².